The quantitative estimate of drug-likeness (QED) is 0.582. The van der Waals surface area contributed by atoms with Gasteiger partial charge in [0.2, 0.25) is 12.3 Å². The second-order valence-electron chi connectivity index (χ2n) is 4.34. The molecule has 2 heteroatoms. The topological polar surface area (TPSA) is 20.9 Å². The summed E-state index contributed by atoms with van der Waals surface area (Å²) in [7, 11) is 0. The molecular formula is C15H16NO+. The van der Waals surface area contributed by atoms with Gasteiger partial charge in [0.05, 0.1) is 0 Å². The van der Waals surface area contributed by atoms with Gasteiger partial charge in [-0.25, -0.2) is 0 Å². The van der Waals surface area contributed by atoms with Crippen molar-refractivity contribution in [1.82, 2.24) is 0 Å². The Labute approximate surface area is 102 Å². The van der Waals surface area contributed by atoms with Gasteiger partial charge in [-0.15, -0.1) is 0 Å². The smallest absolute Gasteiger partial charge is 0.227 e. The van der Waals surface area contributed by atoms with Gasteiger partial charge in [0, 0.05) is 17.7 Å². The van der Waals surface area contributed by atoms with Gasteiger partial charge >= 0.3 is 0 Å². The third kappa shape index (κ3) is 3.00. The van der Waals surface area contributed by atoms with Crippen molar-refractivity contribution in [2.75, 3.05) is 0 Å². The molecule has 0 saturated carbocycles. The number of carbonyl (C=O) groups is 1. The predicted molar refractivity (Wildman–Crippen MR) is 66.9 cm³/mol. The number of rotatable bonds is 3. The van der Waals surface area contributed by atoms with E-state index in [2.05, 4.69) is 0 Å². The SMILES string of the molecule is Cc1ccc(C(=O)C[n+]2ccc(C)cc2)cc1. The number of ketones is 1. The van der Waals surface area contributed by atoms with E-state index in [0.29, 0.717) is 6.54 Å². The van der Waals surface area contributed by atoms with Crippen molar-refractivity contribution >= 4 is 5.78 Å². The van der Waals surface area contributed by atoms with Crippen LogP contribution in [0.4, 0.5) is 0 Å². The van der Waals surface area contributed by atoms with E-state index in [1.165, 1.54) is 11.1 Å². The van der Waals surface area contributed by atoms with E-state index in [4.69, 9.17) is 0 Å². The van der Waals surface area contributed by atoms with E-state index in [-0.39, 0.29) is 5.78 Å². The minimum atomic E-state index is 0.138. The first-order valence-electron chi connectivity index (χ1n) is 5.71. The summed E-state index contributed by atoms with van der Waals surface area (Å²) < 4.78 is 1.90. The molecular weight excluding hydrogens is 210 g/mol. The normalized spacial score (nSPS) is 10.2. The number of hydrogen-bond donors (Lipinski definition) is 0. The molecule has 1 aromatic carbocycles. The molecule has 2 nitrogen and oxygen atoms in total. The summed E-state index contributed by atoms with van der Waals surface area (Å²) in [5.41, 5.74) is 3.14. The number of pyridine rings is 1. The molecule has 0 saturated heterocycles. The summed E-state index contributed by atoms with van der Waals surface area (Å²) in [5.74, 6) is 0.138. The average molecular weight is 226 g/mol. The average Bonchev–Trinajstić information content (AvgIpc) is 2.33. The monoisotopic (exact) mass is 226 g/mol. The van der Waals surface area contributed by atoms with Crippen LogP contribution in [-0.4, -0.2) is 5.78 Å². The maximum atomic E-state index is 12.0. The number of nitrogens with zero attached hydrogens (tertiary/aromatic N) is 1. The van der Waals surface area contributed by atoms with Crippen LogP contribution in [0, 0.1) is 13.8 Å². The summed E-state index contributed by atoms with van der Waals surface area (Å²) in [5, 5.41) is 0. The van der Waals surface area contributed by atoms with Crippen LogP contribution in [0.2, 0.25) is 0 Å². The Morgan fingerprint density at radius 3 is 2.06 bits per heavy atom. The van der Waals surface area contributed by atoms with Gasteiger partial charge in [-0.2, -0.15) is 4.57 Å². The van der Waals surface area contributed by atoms with Crippen molar-refractivity contribution < 1.29 is 9.36 Å². The van der Waals surface area contributed by atoms with Gasteiger partial charge in [0.1, 0.15) is 0 Å². The Kier molecular flexibility index (Phi) is 3.33. The van der Waals surface area contributed by atoms with Crippen molar-refractivity contribution in [2.24, 2.45) is 0 Å². The zero-order valence-electron chi connectivity index (χ0n) is 10.2. The maximum Gasteiger partial charge on any atom is 0.227 e. The van der Waals surface area contributed by atoms with E-state index in [0.717, 1.165) is 5.56 Å². The van der Waals surface area contributed by atoms with Crippen LogP contribution in [0.15, 0.2) is 48.8 Å². The second-order valence-corrected chi connectivity index (χ2v) is 4.34. The lowest BCUT2D eigenvalue weighted by molar-refractivity contribution is -0.683. The summed E-state index contributed by atoms with van der Waals surface area (Å²) in [4.78, 5) is 12.0. The molecule has 2 rings (SSSR count). The zero-order valence-corrected chi connectivity index (χ0v) is 10.2. The number of benzene rings is 1. The Balaban J connectivity index is 2.11. The van der Waals surface area contributed by atoms with Gasteiger partial charge in [-0.3, -0.25) is 4.79 Å². The fourth-order valence-corrected chi connectivity index (χ4v) is 1.63. The molecule has 0 aliphatic heterocycles. The lowest BCUT2D eigenvalue weighted by Crippen LogP contribution is -2.37. The molecule has 0 aliphatic rings. The molecule has 0 fully saturated rings. The second kappa shape index (κ2) is 4.91. The molecule has 0 N–H and O–H groups in total. The van der Waals surface area contributed by atoms with Gasteiger partial charge < -0.3 is 0 Å². The lowest BCUT2D eigenvalue weighted by atomic mass is 10.1. The van der Waals surface area contributed by atoms with E-state index in [9.17, 15) is 4.79 Å². The molecule has 0 atom stereocenters. The lowest BCUT2D eigenvalue weighted by Gasteiger charge is -1.99. The highest BCUT2D eigenvalue weighted by Gasteiger charge is 2.11. The minimum Gasteiger partial charge on any atom is -0.287 e. The number of Topliss-reactive ketones (excluding diaryl/α,β-unsaturated/α-hetero) is 1. The van der Waals surface area contributed by atoms with Crippen LogP contribution >= 0.6 is 0 Å². The van der Waals surface area contributed by atoms with Crippen LogP contribution in [0.25, 0.3) is 0 Å². The predicted octanol–water partition coefficient (Wildman–Crippen LogP) is 2.47. The van der Waals surface area contributed by atoms with Crippen LogP contribution in [-0.2, 0) is 6.54 Å². The maximum absolute atomic E-state index is 12.0. The molecule has 0 unspecified atom stereocenters. The minimum absolute atomic E-state index is 0.138. The molecule has 0 bridgehead atoms. The molecule has 0 aliphatic carbocycles. The van der Waals surface area contributed by atoms with Gasteiger partial charge in [-0.05, 0) is 19.4 Å². The molecule has 86 valence electrons. The summed E-state index contributed by atoms with van der Waals surface area (Å²) >= 11 is 0. The first-order valence-corrected chi connectivity index (χ1v) is 5.71. The van der Waals surface area contributed by atoms with Crippen LogP contribution in [0.1, 0.15) is 21.5 Å². The number of aromatic nitrogens is 1. The highest BCUT2D eigenvalue weighted by molar-refractivity contribution is 5.95. The van der Waals surface area contributed by atoms with Crippen molar-refractivity contribution in [1.29, 1.82) is 0 Å². The Morgan fingerprint density at radius 2 is 1.47 bits per heavy atom. The standard InChI is InChI=1S/C15H16NO/c1-12-3-5-14(6-4-12)15(17)11-16-9-7-13(2)8-10-16/h3-10H,11H2,1-2H3/q+1. The molecule has 0 radical (unpaired) electrons. The highest BCUT2D eigenvalue weighted by Crippen LogP contribution is 2.04. The highest BCUT2D eigenvalue weighted by atomic mass is 16.1. The van der Waals surface area contributed by atoms with Crippen molar-refractivity contribution in [2.45, 2.75) is 20.4 Å². The van der Waals surface area contributed by atoms with Crippen molar-refractivity contribution in [3.63, 3.8) is 0 Å². The van der Waals surface area contributed by atoms with E-state index in [1.807, 2.05) is 67.2 Å². The first kappa shape index (κ1) is 11.5. The summed E-state index contributed by atoms with van der Waals surface area (Å²) in [6, 6.07) is 11.7. The van der Waals surface area contributed by atoms with Crippen LogP contribution < -0.4 is 4.57 Å². The molecule has 0 amide bonds. The number of aryl methyl sites for hydroxylation is 2. The number of hydrogen-bond acceptors (Lipinski definition) is 1. The number of carbonyl (C=O) groups excluding carboxylic acids is 1. The third-order valence-corrected chi connectivity index (χ3v) is 2.76. The molecule has 2 aromatic rings. The zero-order chi connectivity index (χ0) is 12.3. The molecule has 17 heavy (non-hydrogen) atoms. The Bertz CT molecular complexity index is 512. The van der Waals surface area contributed by atoms with E-state index >= 15 is 0 Å². The fraction of sp³-hybridized carbons (Fsp3) is 0.200. The van der Waals surface area contributed by atoms with Gasteiger partial charge in [0.15, 0.2) is 12.4 Å². The fourth-order valence-electron chi connectivity index (χ4n) is 1.63. The van der Waals surface area contributed by atoms with E-state index < -0.39 is 0 Å². The Morgan fingerprint density at radius 1 is 0.941 bits per heavy atom. The molecule has 0 spiro atoms. The third-order valence-electron chi connectivity index (χ3n) is 2.76. The van der Waals surface area contributed by atoms with E-state index in [1.54, 1.807) is 0 Å². The van der Waals surface area contributed by atoms with Crippen molar-refractivity contribution in [3.05, 3.63) is 65.5 Å². The van der Waals surface area contributed by atoms with Crippen LogP contribution in [0.3, 0.4) is 0 Å². The molecule has 1 heterocycles. The summed E-state index contributed by atoms with van der Waals surface area (Å²) in [6.45, 7) is 4.44. The van der Waals surface area contributed by atoms with Crippen molar-refractivity contribution in [3.8, 4) is 0 Å². The van der Waals surface area contributed by atoms with Crippen LogP contribution in [0.5, 0.6) is 0 Å². The molecule has 1 aromatic heterocycles. The first-order chi connectivity index (χ1) is 8.15. The van der Waals surface area contributed by atoms with Gasteiger partial charge in [-0.1, -0.05) is 29.8 Å². The summed E-state index contributed by atoms with van der Waals surface area (Å²) in [6.07, 6.45) is 3.86. The largest absolute Gasteiger partial charge is 0.287 e. The Hall–Kier alpha value is -1.96. The van der Waals surface area contributed by atoms with Gasteiger partial charge in [0.25, 0.3) is 0 Å².